The number of carbonyl (C=O) groups is 1. The predicted molar refractivity (Wildman–Crippen MR) is 82.1 cm³/mol. The highest BCUT2D eigenvalue weighted by molar-refractivity contribution is 5.76. The van der Waals surface area contributed by atoms with Gasteiger partial charge in [0.1, 0.15) is 5.75 Å². The van der Waals surface area contributed by atoms with Gasteiger partial charge in [0, 0.05) is 12.1 Å². The summed E-state index contributed by atoms with van der Waals surface area (Å²) in [5, 5.41) is 2.89. The normalized spacial score (nSPS) is 10.2. The molecule has 1 aromatic carbocycles. The summed E-state index contributed by atoms with van der Waals surface area (Å²) < 4.78 is 5.11. The summed E-state index contributed by atoms with van der Waals surface area (Å²) in [7, 11) is 1.64. The Labute approximate surface area is 125 Å². The van der Waals surface area contributed by atoms with E-state index in [2.05, 4.69) is 10.3 Å². The summed E-state index contributed by atoms with van der Waals surface area (Å²) in [5.74, 6) is 0.864. The van der Waals surface area contributed by atoms with Crippen LogP contribution in [0.1, 0.15) is 23.4 Å². The van der Waals surface area contributed by atoms with Crippen molar-refractivity contribution in [1.82, 2.24) is 10.3 Å². The molecule has 1 heterocycles. The van der Waals surface area contributed by atoms with Crippen molar-refractivity contribution in [3.8, 4) is 5.75 Å². The molecule has 0 aliphatic carbocycles. The van der Waals surface area contributed by atoms with Crippen molar-refractivity contribution in [3.05, 3.63) is 59.4 Å². The van der Waals surface area contributed by atoms with E-state index in [1.807, 2.05) is 49.4 Å². The molecular weight excluding hydrogens is 264 g/mol. The highest BCUT2D eigenvalue weighted by Crippen LogP contribution is 2.12. The number of amides is 1. The van der Waals surface area contributed by atoms with Crippen LogP contribution in [0.5, 0.6) is 5.75 Å². The monoisotopic (exact) mass is 284 g/mol. The van der Waals surface area contributed by atoms with Crippen molar-refractivity contribution in [2.24, 2.45) is 0 Å². The fourth-order valence-electron chi connectivity index (χ4n) is 2.03. The minimum atomic E-state index is 0.0362. The number of nitrogens with one attached hydrogen (secondary N) is 1. The molecule has 0 saturated heterocycles. The molecule has 21 heavy (non-hydrogen) atoms. The molecule has 4 heteroatoms. The average Bonchev–Trinajstić information content (AvgIpc) is 2.51. The molecule has 0 spiro atoms. The molecule has 0 aliphatic heterocycles. The van der Waals surface area contributed by atoms with Gasteiger partial charge in [-0.05, 0) is 43.2 Å². The third-order valence-electron chi connectivity index (χ3n) is 3.21. The summed E-state index contributed by atoms with van der Waals surface area (Å²) >= 11 is 0. The molecule has 1 amide bonds. The smallest absolute Gasteiger partial charge is 0.220 e. The van der Waals surface area contributed by atoms with Crippen LogP contribution in [0.15, 0.2) is 42.5 Å². The van der Waals surface area contributed by atoms with Gasteiger partial charge in [0.05, 0.1) is 19.3 Å². The zero-order valence-electron chi connectivity index (χ0n) is 12.4. The maximum Gasteiger partial charge on any atom is 0.220 e. The van der Waals surface area contributed by atoms with Crippen molar-refractivity contribution in [1.29, 1.82) is 0 Å². The van der Waals surface area contributed by atoms with E-state index in [-0.39, 0.29) is 5.91 Å². The number of benzene rings is 1. The summed E-state index contributed by atoms with van der Waals surface area (Å²) in [5.41, 5.74) is 2.97. The molecule has 4 nitrogen and oxygen atoms in total. The Morgan fingerprint density at radius 2 is 1.95 bits per heavy atom. The van der Waals surface area contributed by atoms with Crippen LogP contribution in [-0.4, -0.2) is 18.0 Å². The lowest BCUT2D eigenvalue weighted by Gasteiger charge is -2.06. The Morgan fingerprint density at radius 1 is 1.19 bits per heavy atom. The molecule has 0 saturated carbocycles. The lowest BCUT2D eigenvalue weighted by Crippen LogP contribution is -2.23. The Balaban J connectivity index is 1.76. The third-order valence-corrected chi connectivity index (χ3v) is 3.21. The molecule has 2 aromatic rings. The Bertz CT molecular complexity index is 594. The summed E-state index contributed by atoms with van der Waals surface area (Å²) in [6.07, 6.45) is 1.19. The van der Waals surface area contributed by atoms with Gasteiger partial charge in [0.2, 0.25) is 5.91 Å². The summed E-state index contributed by atoms with van der Waals surface area (Å²) in [6, 6.07) is 13.6. The van der Waals surface area contributed by atoms with Crippen LogP contribution in [0.4, 0.5) is 0 Å². The summed E-state index contributed by atoms with van der Waals surface area (Å²) in [6.45, 7) is 2.41. The van der Waals surface area contributed by atoms with Gasteiger partial charge in [-0.15, -0.1) is 0 Å². The molecular formula is C17H20N2O2. The fourth-order valence-corrected chi connectivity index (χ4v) is 2.03. The molecule has 0 unspecified atom stereocenters. The van der Waals surface area contributed by atoms with Gasteiger partial charge in [0.15, 0.2) is 0 Å². The van der Waals surface area contributed by atoms with Gasteiger partial charge in [-0.3, -0.25) is 9.78 Å². The van der Waals surface area contributed by atoms with Crippen molar-refractivity contribution in [2.45, 2.75) is 26.3 Å². The highest BCUT2D eigenvalue weighted by Gasteiger charge is 2.03. The van der Waals surface area contributed by atoms with Gasteiger partial charge in [-0.25, -0.2) is 0 Å². The first-order valence-corrected chi connectivity index (χ1v) is 6.99. The van der Waals surface area contributed by atoms with Crippen molar-refractivity contribution >= 4 is 5.91 Å². The predicted octanol–water partition coefficient (Wildman–Crippen LogP) is 2.65. The molecule has 1 N–H and O–H groups in total. The molecule has 1 aromatic heterocycles. The number of aryl methyl sites for hydroxylation is 2. The molecule has 110 valence electrons. The second-order valence-electron chi connectivity index (χ2n) is 4.90. The topological polar surface area (TPSA) is 51.2 Å². The van der Waals surface area contributed by atoms with Gasteiger partial charge in [0.25, 0.3) is 0 Å². The van der Waals surface area contributed by atoms with Crippen molar-refractivity contribution in [2.75, 3.05) is 7.11 Å². The molecule has 0 atom stereocenters. The van der Waals surface area contributed by atoms with Crippen LogP contribution in [0, 0.1) is 6.92 Å². The van der Waals surface area contributed by atoms with E-state index in [0.717, 1.165) is 29.1 Å². The number of rotatable bonds is 6. The fraction of sp³-hybridized carbons (Fsp3) is 0.294. The first kappa shape index (κ1) is 15.0. The Hall–Kier alpha value is -2.36. The number of nitrogens with zero attached hydrogens (tertiary/aromatic N) is 1. The number of methoxy groups -OCH3 is 1. The first-order chi connectivity index (χ1) is 10.2. The zero-order valence-corrected chi connectivity index (χ0v) is 12.4. The van der Waals surface area contributed by atoms with E-state index >= 15 is 0 Å². The standard InChI is InChI=1S/C17H20N2O2/c1-13-4-3-5-15(19-13)12-18-17(20)11-8-14-6-9-16(21-2)10-7-14/h3-7,9-10H,8,11-12H2,1-2H3,(H,18,20). The number of pyridine rings is 1. The minimum Gasteiger partial charge on any atom is -0.497 e. The van der Waals surface area contributed by atoms with E-state index in [4.69, 9.17) is 4.74 Å². The quantitative estimate of drug-likeness (QED) is 0.887. The lowest BCUT2D eigenvalue weighted by molar-refractivity contribution is -0.121. The third kappa shape index (κ3) is 4.91. The van der Waals surface area contributed by atoms with E-state index in [0.29, 0.717) is 13.0 Å². The zero-order chi connectivity index (χ0) is 15.1. The van der Waals surface area contributed by atoms with E-state index < -0.39 is 0 Å². The van der Waals surface area contributed by atoms with Gasteiger partial charge >= 0.3 is 0 Å². The van der Waals surface area contributed by atoms with E-state index in [1.165, 1.54) is 0 Å². The first-order valence-electron chi connectivity index (χ1n) is 6.99. The number of hydrogen-bond donors (Lipinski definition) is 1. The second-order valence-corrected chi connectivity index (χ2v) is 4.90. The van der Waals surface area contributed by atoms with Crippen molar-refractivity contribution in [3.63, 3.8) is 0 Å². The van der Waals surface area contributed by atoms with Crippen LogP contribution in [0.2, 0.25) is 0 Å². The van der Waals surface area contributed by atoms with Gasteiger partial charge in [-0.1, -0.05) is 18.2 Å². The minimum absolute atomic E-state index is 0.0362. The molecule has 0 bridgehead atoms. The maximum atomic E-state index is 11.8. The van der Waals surface area contributed by atoms with Crippen LogP contribution in [0.25, 0.3) is 0 Å². The van der Waals surface area contributed by atoms with Crippen LogP contribution >= 0.6 is 0 Å². The molecule has 2 rings (SSSR count). The number of aromatic nitrogens is 1. The second kappa shape index (κ2) is 7.43. The maximum absolute atomic E-state index is 11.8. The largest absolute Gasteiger partial charge is 0.497 e. The summed E-state index contributed by atoms with van der Waals surface area (Å²) in [4.78, 5) is 16.2. The lowest BCUT2D eigenvalue weighted by atomic mass is 10.1. The molecule has 0 aliphatic rings. The van der Waals surface area contributed by atoms with E-state index in [1.54, 1.807) is 7.11 Å². The number of ether oxygens (including phenoxy) is 1. The van der Waals surface area contributed by atoms with Gasteiger partial charge < -0.3 is 10.1 Å². The number of carbonyl (C=O) groups excluding carboxylic acids is 1. The van der Waals surface area contributed by atoms with Crippen molar-refractivity contribution < 1.29 is 9.53 Å². The van der Waals surface area contributed by atoms with E-state index in [9.17, 15) is 4.79 Å². The average molecular weight is 284 g/mol. The number of hydrogen-bond acceptors (Lipinski definition) is 3. The van der Waals surface area contributed by atoms with Crippen LogP contribution in [0.3, 0.4) is 0 Å². The molecule has 0 radical (unpaired) electrons. The Morgan fingerprint density at radius 3 is 2.62 bits per heavy atom. The highest BCUT2D eigenvalue weighted by atomic mass is 16.5. The Kier molecular flexibility index (Phi) is 5.32. The van der Waals surface area contributed by atoms with Gasteiger partial charge in [-0.2, -0.15) is 0 Å². The molecule has 0 fully saturated rings. The van der Waals surface area contributed by atoms with Crippen LogP contribution < -0.4 is 10.1 Å². The SMILES string of the molecule is COc1ccc(CCC(=O)NCc2cccc(C)n2)cc1. The van der Waals surface area contributed by atoms with Crippen LogP contribution in [-0.2, 0) is 17.8 Å².